The SMILES string of the molecule is Cn1nnc2ccc(C(O)c3ccc(F)cc3)cc21. The molecule has 0 fully saturated rings. The molecule has 0 saturated carbocycles. The molecule has 0 saturated heterocycles. The second kappa shape index (κ2) is 4.44. The van der Waals surface area contributed by atoms with Gasteiger partial charge < -0.3 is 5.11 Å². The molecular formula is C14H12FN3O. The first-order valence-electron chi connectivity index (χ1n) is 5.88. The predicted octanol–water partition coefficient (Wildman–Crippen LogP) is 2.19. The van der Waals surface area contributed by atoms with E-state index in [0.717, 1.165) is 16.6 Å². The first-order chi connectivity index (χ1) is 9.15. The smallest absolute Gasteiger partial charge is 0.123 e. The summed E-state index contributed by atoms with van der Waals surface area (Å²) in [4.78, 5) is 0. The average molecular weight is 257 g/mol. The molecule has 0 aliphatic heterocycles. The first kappa shape index (κ1) is 11.8. The highest BCUT2D eigenvalue weighted by atomic mass is 19.1. The Labute approximate surface area is 109 Å². The minimum Gasteiger partial charge on any atom is -0.384 e. The van der Waals surface area contributed by atoms with Gasteiger partial charge in [0.1, 0.15) is 17.4 Å². The van der Waals surface area contributed by atoms with Crippen molar-refractivity contribution < 1.29 is 9.50 Å². The summed E-state index contributed by atoms with van der Waals surface area (Å²) in [6.45, 7) is 0. The summed E-state index contributed by atoms with van der Waals surface area (Å²) < 4.78 is 14.5. The molecule has 1 atom stereocenters. The van der Waals surface area contributed by atoms with Gasteiger partial charge in [0.2, 0.25) is 0 Å². The van der Waals surface area contributed by atoms with Gasteiger partial charge in [0, 0.05) is 7.05 Å². The molecule has 3 aromatic rings. The van der Waals surface area contributed by atoms with Gasteiger partial charge in [0.15, 0.2) is 0 Å². The van der Waals surface area contributed by atoms with Crippen molar-refractivity contribution in [3.63, 3.8) is 0 Å². The summed E-state index contributed by atoms with van der Waals surface area (Å²) in [5, 5.41) is 18.2. The zero-order valence-corrected chi connectivity index (χ0v) is 10.3. The molecule has 0 bridgehead atoms. The lowest BCUT2D eigenvalue weighted by molar-refractivity contribution is 0.220. The van der Waals surface area contributed by atoms with Crippen LogP contribution in [-0.4, -0.2) is 20.1 Å². The van der Waals surface area contributed by atoms with E-state index in [-0.39, 0.29) is 5.82 Å². The van der Waals surface area contributed by atoms with E-state index in [0.29, 0.717) is 5.56 Å². The molecule has 96 valence electrons. The van der Waals surface area contributed by atoms with Crippen molar-refractivity contribution in [3.05, 3.63) is 59.4 Å². The summed E-state index contributed by atoms with van der Waals surface area (Å²) >= 11 is 0. The van der Waals surface area contributed by atoms with Gasteiger partial charge in [0.05, 0.1) is 5.52 Å². The molecule has 4 nitrogen and oxygen atoms in total. The number of rotatable bonds is 2. The van der Waals surface area contributed by atoms with Gasteiger partial charge in [-0.05, 0) is 35.4 Å². The molecule has 3 rings (SSSR count). The lowest BCUT2D eigenvalue weighted by Gasteiger charge is -2.11. The molecule has 0 radical (unpaired) electrons. The number of aliphatic hydroxyl groups excluding tert-OH is 1. The molecular weight excluding hydrogens is 245 g/mol. The fourth-order valence-electron chi connectivity index (χ4n) is 2.06. The zero-order chi connectivity index (χ0) is 13.4. The first-order valence-corrected chi connectivity index (χ1v) is 5.88. The summed E-state index contributed by atoms with van der Waals surface area (Å²) in [6, 6.07) is 11.3. The Hall–Kier alpha value is -2.27. The number of benzene rings is 2. The summed E-state index contributed by atoms with van der Waals surface area (Å²) in [5.41, 5.74) is 3.00. The topological polar surface area (TPSA) is 50.9 Å². The van der Waals surface area contributed by atoms with Crippen molar-refractivity contribution in [1.29, 1.82) is 0 Å². The van der Waals surface area contributed by atoms with Crippen LogP contribution in [0.15, 0.2) is 42.5 Å². The minimum absolute atomic E-state index is 0.317. The van der Waals surface area contributed by atoms with E-state index >= 15 is 0 Å². The van der Waals surface area contributed by atoms with Crippen LogP contribution < -0.4 is 0 Å². The van der Waals surface area contributed by atoms with Gasteiger partial charge in [-0.15, -0.1) is 5.10 Å². The van der Waals surface area contributed by atoms with Gasteiger partial charge >= 0.3 is 0 Å². The Morgan fingerprint density at radius 3 is 2.53 bits per heavy atom. The van der Waals surface area contributed by atoms with Crippen LogP contribution in [0.4, 0.5) is 4.39 Å². The van der Waals surface area contributed by atoms with Crippen LogP contribution in [0.1, 0.15) is 17.2 Å². The Kier molecular flexibility index (Phi) is 2.76. The highest BCUT2D eigenvalue weighted by Gasteiger charge is 2.12. The zero-order valence-electron chi connectivity index (χ0n) is 10.3. The Morgan fingerprint density at radius 1 is 1.11 bits per heavy atom. The minimum atomic E-state index is -0.792. The van der Waals surface area contributed by atoms with Crippen molar-refractivity contribution in [2.24, 2.45) is 7.05 Å². The van der Waals surface area contributed by atoms with Gasteiger partial charge in [-0.25, -0.2) is 9.07 Å². The lowest BCUT2D eigenvalue weighted by Crippen LogP contribution is -2.00. The van der Waals surface area contributed by atoms with Crippen molar-refractivity contribution >= 4 is 11.0 Å². The third kappa shape index (κ3) is 2.08. The number of hydrogen-bond acceptors (Lipinski definition) is 3. The Morgan fingerprint density at radius 2 is 1.79 bits per heavy atom. The highest BCUT2D eigenvalue weighted by molar-refractivity contribution is 5.75. The van der Waals surface area contributed by atoms with E-state index in [1.165, 1.54) is 12.1 Å². The van der Waals surface area contributed by atoms with E-state index in [9.17, 15) is 9.50 Å². The lowest BCUT2D eigenvalue weighted by atomic mass is 10.0. The molecule has 1 N–H and O–H groups in total. The molecule has 1 heterocycles. The largest absolute Gasteiger partial charge is 0.384 e. The van der Waals surface area contributed by atoms with Crippen LogP contribution in [0, 0.1) is 5.82 Å². The number of halogens is 1. The van der Waals surface area contributed by atoms with E-state index in [1.54, 1.807) is 29.9 Å². The highest BCUT2D eigenvalue weighted by Crippen LogP contribution is 2.24. The van der Waals surface area contributed by atoms with Crippen LogP contribution in [0.2, 0.25) is 0 Å². The quantitative estimate of drug-likeness (QED) is 0.765. The van der Waals surface area contributed by atoms with E-state index in [1.807, 2.05) is 12.1 Å². The van der Waals surface area contributed by atoms with Gasteiger partial charge in [-0.1, -0.05) is 23.4 Å². The number of hydrogen-bond donors (Lipinski definition) is 1. The normalized spacial score (nSPS) is 12.8. The summed E-state index contributed by atoms with van der Waals surface area (Å²) in [6.07, 6.45) is -0.792. The van der Waals surface area contributed by atoms with Crippen LogP contribution in [-0.2, 0) is 7.05 Å². The monoisotopic (exact) mass is 257 g/mol. The van der Waals surface area contributed by atoms with Crippen molar-refractivity contribution in [2.75, 3.05) is 0 Å². The van der Waals surface area contributed by atoms with Crippen LogP contribution in [0.5, 0.6) is 0 Å². The van der Waals surface area contributed by atoms with Gasteiger partial charge in [0.25, 0.3) is 0 Å². The van der Waals surface area contributed by atoms with Crippen molar-refractivity contribution in [1.82, 2.24) is 15.0 Å². The van der Waals surface area contributed by atoms with Crippen molar-refractivity contribution in [3.8, 4) is 0 Å². The van der Waals surface area contributed by atoms with E-state index in [2.05, 4.69) is 10.3 Å². The molecule has 1 aromatic heterocycles. The standard InChI is InChI=1S/C14H12FN3O/c1-18-13-8-10(4-7-12(13)16-17-18)14(19)9-2-5-11(15)6-3-9/h2-8,14,19H,1H3. The maximum atomic E-state index is 12.9. The Balaban J connectivity index is 2.03. The number of nitrogens with zero attached hydrogens (tertiary/aromatic N) is 3. The number of aryl methyl sites for hydroxylation is 1. The number of fused-ring (bicyclic) bond motifs is 1. The number of aliphatic hydroxyl groups is 1. The van der Waals surface area contributed by atoms with Crippen molar-refractivity contribution in [2.45, 2.75) is 6.10 Å². The maximum absolute atomic E-state index is 12.9. The molecule has 5 heteroatoms. The van der Waals surface area contributed by atoms with Crippen LogP contribution >= 0.6 is 0 Å². The number of aromatic nitrogens is 3. The van der Waals surface area contributed by atoms with Crippen LogP contribution in [0.3, 0.4) is 0 Å². The molecule has 0 spiro atoms. The van der Waals surface area contributed by atoms with Crippen LogP contribution in [0.25, 0.3) is 11.0 Å². The second-order valence-electron chi connectivity index (χ2n) is 4.42. The second-order valence-corrected chi connectivity index (χ2v) is 4.42. The summed E-state index contributed by atoms with van der Waals surface area (Å²) in [7, 11) is 1.80. The van der Waals surface area contributed by atoms with Gasteiger partial charge in [-0.3, -0.25) is 0 Å². The predicted molar refractivity (Wildman–Crippen MR) is 69.0 cm³/mol. The van der Waals surface area contributed by atoms with Gasteiger partial charge in [-0.2, -0.15) is 0 Å². The molecule has 1 unspecified atom stereocenters. The molecule has 0 aliphatic rings. The Bertz CT molecular complexity index is 721. The molecule has 0 amide bonds. The fourth-order valence-corrected chi connectivity index (χ4v) is 2.06. The average Bonchev–Trinajstić information content (AvgIpc) is 2.80. The molecule has 0 aliphatic carbocycles. The van der Waals surface area contributed by atoms with E-state index < -0.39 is 6.10 Å². The maximum Gasteiger partial charge on any atom is 0.123 e. The molecule has 19 heavy (non-hydrogen) atoms. The van der Waals surface area contributed by atoms with E-state index in [4.69, 9.17) is 0 Å². The summed E-state index contributed by atoms with van der Waals surface area (Å²) in [5.74, 6) is -0.317. The third-order valence-electron chi connectivity index (χ3n) is 3.14. The molecule has 2 aromatic carbocycles. The fraction of sp³-hybridized carbons (Fsp3) is 0.143. The third-order valence-corrected chi connectivity index (χ3v) is 3.14.